The molecule has 0 unspecified atom stereocenters. The maximum absolute atomic E-state index is 12.7. The first-order valence-electron chi connectivity index (χ1n) is 7.39. The Labute approximate surface area is 124 Å². The smallest absolute Gasteiger partial charge is 0.254 e. The molecule has 3 rings (SSSR count). The summed E-state index contributed by atoms with van der Waals surface area (Å²) in [4.78, 5) is 28.1. The highest BCUT2D eigenvalue weighted by Crippen LogP contribution is 2.30. The van der Waals surface area contributed by atoms with Gasteiger partial charge in [-0.05, 0) is 18.4 Å². The Kier molecular flexibility index (Phi) is 3.92. The summed E-state index contributed by atoms with van der Waals surface area (Å²) in [5.74, 6) is -0.0879. The number of carbonyl (C=O) groups excluding carboxylic acids is 2. The summed E-state index contributed by atoms with van der Waals surface area (Å²) >= 11 is 0. The van der Waals surface area contributed by atoms with Gasteiger partial charge in [-0.3, -0.25) is 9.59 Å². The standard InChI is InChI=1S/C16H20N2O3/c1-17-13(19)11-21-15(16(20)18-9-5-6-10-18)14(17)12-7-3-2-4-8-12/h2-4,7-8,14-15H,5-6,9-11H2,1H3/t14-,15-/m1/s1. The Balaban J connectivity index is 1.89. The second-order valence-corrected chi connectivity index (χ2v) is 5.62. The second kappa shape index (κ2) is 5.85. The fourth-order valence-electron chi connectivity index (χ4n) is 3.08. The number of nitrogens with zero attached hydrogens (tertiary/aromatic N) is 2. The molecule has 112 valence electrons. The molecular formula is C16H20N2O3. The Morgan fingerprint density at radius 3 is 2.52 bits per heavy atom. The number of hydrogen-bond donors (Lipinski definition) is 0. The van der Waals surface area contributed by atoms with E-state index in [9.17, 15) is 9.59 Å². The van der Waals surface area contributed by atoms with Crippen molar-refractivity contribution >= 4 is 11.8 Å². The van der Waals surface area contributed by atoms with Crippen LogP contribution in [0, 0.1) is 0 Å². The highest BCUT2D eigenvalue weighted by atomic mass is 16.5. The molecule has 2 atom stereocenters. The minimum absolute atomic E-state index is 0.000651. The van der Waals surface area contributed by atoms with E-state index in [4.69, 9.17) is 4.74 Å². The number of carbonyl (C=O) groups is 2. The molecule has 5 nitrogen and oxygen atoms in total. The van der Waals surface area contributed by atoms with Crippen molar-refractivity contribution < 1.29 is 14.3 Å². The van der Waals surface area contributed by atoms with Crippen LogP contribution in [0.25, 0.3) is 0 Å². The SMILES string of the molecule is CN1C(=O)CO[C@@H](C(=O)N2CCCC2)[C@H]1c1ccccc1. The first kappa shape index (κ1) is 14.1. The molecule has 0 aliphatic carbocycles. The summed E-state index contributed by atoms with van der Waals surface area (Å²) in [6.07, 6.45) is 1.49. The van der Waals surface area contributed by atoms with Crippen molar-refractivity contribution in [2.45, 2.75) is 25.0 Å². The summed E-state index contributed by atoms with van der Waals surface area (Å²) < 4.78 is 5.62. The van der Waals surface area contributed by atoms with Crippen molar-refractivity contribution in [1.29, 1.82) is 0 Å². The van der Waals surface area contributed by atoms with Crippen LogP contribution in [0.4, 0.5) is 0 Å². The molecule has 0 aromatic heterocycles. The summed E-state index contributed by atoms with van der Waals surface area (Å²) in [7, 11) is 1.74. The van der Waals surface area contributed by atoms with Crippen molar-refractivity contribution in [2.24, 2.45) is 0 Å². The topological polar surface area (TPSA) is 49.9 Å². The predicted molar refractivity (Wildman–Crippen MR) is 77.5 cm³/mol. The molecule has 0 saturated carbocycles. The molecule has 2 aliphatic heterocycles. The Hall–Kier alpha value is -1.88. The predicted octanol–water partition coefficient (Wildman–Crippen LogP) is 1.21. The number of ether oxygens (including phenoxy) is 1. The average molecular weight is 288 g/mol. The van der Waals surface area contributed by atoms with Gasteiger partial charge in [0.1, 0.15) is 6.61 Å². The van der Waals surface area contributed by atoms with Gasteiger partial charge < -0.3 is 14.5 Å². The maximum atomic E-state index is 12.7. The molecule has 0 bridgehead atoms. The lowest BCUT2D eigenvalue weighted by Gasteiger charge is -2.39. The average Bonchev–Trinajstić information content (AvgIpc) is 3.04. The Bertz CT molecular complexity index is 526. The van der Waals surface area contributed by atoms with E-state index in [1.807, 2.05) is 35.2 Å². The lowest BCUT2D eigenvalue weighted by atomic mass is 9.97. The van der Waals surface area contributed by atoms with Gasteiger partial charge in [-0.1, -0.05) is 30.3 Å². The van der Waals surface area contributed by atoms with Gasteiger partial charge in [0.05, 0.1) is 6.04 Å². The van der Waals surface area contributed by atoms with Gasteiger partial charge in [0.2, 0.25) is 5.91 Å². The van der Waals surface area contributed by atoms with Crippen LogP contribution in [0.5, 0.6) is 0 Å². The molecule has 2 saturated heterocycles. The summed E-state index contributed by atoms with van der Waals surface area (Å²) in [6.45, 7) is 1.56. The molecule has 21 heavy (non-hydrogen) atoms. The third-order valence-electron chi connectivity index (χ3n) is 4.29. The van der Waals surface area contributed by atoms with E-state index in [0.717, 1.165) is 31.5 Å². The Morgan fingerprint density at radius 2 is 1.86 bits per heavy atom. The maximum Gasteiger partial charge on any atom is 0.254 e. The van der Waals surface area contributed by atoms with Crippen LogP contribution in [0.1, 0.15) is 24.4 Å². The van der Waals surface area contributed by atoms with Crippen molar-refractivity contribution in [1.82, 2.24) is 9.80 Å². The van der Waals surface area contributed by atoms with E-state index in [1.165, 1.54) is 0 Å². The molecule has 5 heteroatoms. The number of likely N-dealkylation sites (tertiary alicyclic amines) is 1. The largest absolute Gasteiger partial charge is 0.356 e. The summed E-state index contributed by atoms with van der Waals surface area (Å²) in [6, 6.07) is 9.28. The molecule has 1 aromatic rings. The number of benzene rings is 1. The van der Waals surface area contributed by atoms with Gasteiger partial charge in [0.15, 0.2) is 6.10 Å². The van der Waals surface area contributed by atoms with Crippen LogP contribution in [0.15, 0.2) is 30.3 Å². The first-order chi connectivity index (χ1) is 10.2. The number of morpholine rings is 1. The van der Waals surface area contributed by atoms with E-state index in [0.29, 0.717) is 0 Å². The zero-order valence-corrected chi connectivity index (χ0v) is 12.2. The van der Waals surface area contributed by atoms with Gasteiger partial charge in [-0.25, -0.2) is 0 Å². The highest BCUT2D eigenvalue weighted by molar-refractivity contribution is 5.86. The van der Waals surface area contributed by atoms with E-state index >= 15 is 0 Å². The van der Waals surface area contributed by atoms with Gasteiger partial charge in [0.25, 0.3) is 5.91 Å². The molecule has 0 radical (unpaired) electrons. The van der Waals surface area contributed by atoms with Gasteiger partial charge >= 0.3 is 0 Å². The second-order valence-electron chi connectivity index (χ2n) is 5.62. The van der Waals surface area contributed by atoms with Crippen LogP contribution in [-0.2, 0) is 14.3 Å². The van der Waals surface area contributed by atoms with Crippen LogP contribution in [0.3, 0.4) is 0 Å². The minimum atomic E-state index is -0.604. The molecule has 2 fully saturated rings. The van der Waals surface area contributed by atoms with Gasteiger partial charge in [-0.15, -0.1) is 0 Å². The van der Waals surface area contributed by atoms with Gasteiger partial charge in [0, 0.05) is 20.1 Å². The fraction of sp³-hybridized carbons (Fsp3) is 0.500. The molecule has 2 heterocycles. The number of likely N-dealkylation sites (N-methyl/N-ethyl adjacent to an activating group) is 1. The Morgan fingerprint density at radius 1 is 1.19 bits per heavy atom. The van der Waals surface area contributed by atoms with E-state index in [2.05, 4.69) is 0 Å². The molecule has 2 aliphatic rings. The highest BCUT2D eigenvalue weighted by Gasteiger charge is 2.42. The molecule has 0 spiro atoms. The van der Waals surface area contributed by atoms with E-state index < -0.39 is 6.10 Å². The van der Waals surface area contributed by atoms with Crippen molar-refractivity contribution in [3.63, 3.8) is 0 Å². The fourth-order valence-corrected chi connectivity index (χ4v) is 3.08. The van der Waals surface area contributed by atoms with Crippen LogP contribution in [0.2, 0.25) is 0 Å². The van der Waals surface area contributed by atoms with E-state index in [-0.39, 0.29) is 24.5 Å². The number of amides is 2. The number of hydrogen-bond acceptors (Lipinski definition) is 3. The molecule has 1 aromatic carbocycles. The monoisotopic (exact) mass is 288 g/mol. The number of rotatable bonds is 2. The van der Waals surface area contributed by atoms with Crippen molar-refractivity contribution in [2.75, 3.05) is 26.7 Å². The summed E-state index contributed by atoms with van der Waals surface area (Å²) in [5.41, 5.74) is 0.936. The normalized spacial score (nSPS) is 26.2. The zero-order valence-electron chi connectivity index (χ0n) is 12.2. The third-order valence-corrected chi connectivity index (χ3v) is 4.29. The summed E-state index contributed by atoms with van der Waals surface area (Å²) in [5, 5.41) is 0. The molecular weight excluding hydrogens is 268 g/mol. The lowest BCUT2D eigenvalue weighted by Crippen LogP contribution is -2.53. The third kappa shape index (κ3) is 2.65. The first-order valence-corrected chi connectivity index (χ1v) is 7.39. The van der Waals surface area contributed by atoms with E-state index in [1.54, 1.807) is 11.9 Å². The quantitative estimate of drug-likeness (QED) is 0.822. The zero-order chi connectivity index (χ0) is 14.8. The molecule has 0 N–H and O–H groups in total. The van der Waals surface area contributed by atoms with Crippen molar-refractivity contribution in [3.05, 3.63) is 35.9 Å². The van der Waals surface area contributed by atoms with Crippen LogP contribution >= 0.6 is 0 Å². The minimum Gasteiger partial charge on any atom is -0.356 e. The van der Waals surface area contributed by atoms with Gasteiger partial charge in [-0.2, -0.15) is 0 Å². The van der Waals surface area contributed by atoms with Crippen LogP contribution < -0.4 is 0 Å². The van der Waals surface area contributed by atoms with Crippen molar-refractivity contribution in [3.8, 4) is 0 Å². The molecule has 2 amide bonds. The lowest BCUT2D eigenvalue weighted by molar-refractivity contribution is -0.166. The van der Waals surface area contributed by atoms with Crippen LogP contribution in [-0.4, -0.2) is 54.5 Å².